The van der Waals surface area contributed by atoms with Gasteiger partial charge >= 0.3 is 0 Å². The van der Waals surface area contributed by atoms with Crippen molar-refractivity contribution in [3.63, 3.8) is 0 Å². The smallest absolute Gasteiger partial charge is 0.0639 e. The van der Waals surface area contributed by atoms with Crippen molar-refractivity contribution in [3.05, 3.63) is 57.3 Å². The molecule has 0 radical (unpaired) electrons. The summed E-state index contributed by atoms with van der Waals surface area (Å²) in [7, 11) is 0. The van der Waals surface area contributed by atoms with E-state index in [4.69, 9.17) is 11.6 Å². The number of nitrogens with one attached hydrogen (secondary N) is 1. The summed E-state index contributed by atoms with van der Waals surface area (Å²) in [4.78, 5) is 3.96. The van der Waals surface area contributed by atoms with E-state index in [0.29, 0.717) is 11.6 Å². The van der Waals surface area contributed by atoms with Gasteiger partial charge in [-0.25, -0.2) is 0 Å². The highest BCUT2D eigenvalue weighted by atomic mass is 79.9. The van der Waals surface area contributed by atoms with Crippen LogP contribution < -0.4 is 5.32 Å². The Morgan fingerprint density at radius 3 is 2.94 bits per heavy atom. The van der Waals surface area contributed by atoms with Crippen LogP contribution in [0.25, 0.3) is 0 Å². The van der Waals surface area contributed by atoms with Gasteiger partial charge in [-0.05, 0) is 52.2 Å². The van der Waals surface area contributed by atoms with E-state index in [1.165, 1.54) is 5.56 Å². The highest BCUT2D eigenvalue weighted by Crippen LogP contribution is 2.24. The monoisotopic (exact) mass is 310 g/mol. The molecule has 0 atom stereocenters. The number of aromatic nitrogens is 1. The van der Waals surface area contributed by atoms with E-state index in [0.717, 1.165) is 15.7 Å². The summed E-state index contributed by atoms with van der Waals surface area (Å²) >= 11 is 9.56. The third-order valence-corrected chi connectivity index (χ3v) is 3.48. The van der Waals surface area contributed by atoms with Crippen LogP contribution in [-0.4, -0.2) is 4.98 Å². The van der Waals surface area contributed by atoms with E-state index in [-0.39, 0.29) is 0 Å². The van der Waals surface area contributed by atoms with E-state index in [2.05, 4.69) is 45.3 Å². The third kappa shape index (κ3) is 3.20. The minimum absolute atomic E-state index is 0.684. The van der Waals surface area contributed by atoms with Crippen molar-refractivity contribution in [2.75, 3.05) is 5.32 Å². The van der Waals surface area contributed by atoms with Gasteiger partial charge in [0.2, 0.25) is 0 Å². The van der Waals surface area contributed by atoms with Gasteiger partial charge in [0.1, 0.15) is 0 Å². The highest BCUT2D eigenvalue weighted by Gasteiger charge is 2.02. The first-order valence-electron chi connectivity index (χ1n) is 5.25. The van der Waals surface area contributed by atoms with Gasteiger partial charge in [-0.2, -0.15) is 0 Å². The second kappa shape index (κ2) is 5.52. The zero-order chi connectivity index (χ0) is 12.3. The Labute approximate surface area is 114 Å². The Bertz CT molecular complexity index is 529. The topological polar surface area (TPSA) is 24.9 Å². The first-order valence-corrected chi connectivity index (χ1v) is 6.42. The van der Waals surface area contributed by atoms with E-state index >= 15 is 0 Å². The number of halogens is 2. The first kappa shape index (κ1) is 12.4. The number of anilines is 1. The van der Waals surface area contributed by atoms with Crippen LogP contribution in [0.3, 0.4) is 0 Å². The molecule has 1 aromatic carbocycles. The Kier molecular flexibility index (Phi) is 4.02. The molecule has 1 aromatic heterocycles. The second-order valence-electron chi connectivity index (χ2n) is 3.80. The van der Waals surface area contributed by atoms with Crippen molar-refractivity contribution in [1.29, 1.82) is 0 Å². The summed E-state index contributed by atoms with van der Waals surface area (Å²) in [6.07, 6.45) is 3.40. The first-order chi connectivity index (χ1) is 8.16. The van der Waals surface area contributed by atoms with Gasteiger partial charge in [-0.3, -0.25) is 4.98 Å². The molecule has 2 nitrogen and oxygen atoms in total. The van der Waals surface area contributed by atoms with Gasteiger partial charge < -0.3 is 5.32 Å². The van der Waals surface area contributed by atoms with Crippen molar-refractivity contribution in [2.24, 2.45) is 0 Å². The maximum atomic E-state index is 6.05. The van der Waals surface area contributed by atoms with Crippen molar-refractivity contribution in [2.45, 2.75) is 13.5 Å². The Morgan fingerprint density at radius 1 is 1.35 bits per heavy atom. The molecule has 0 saturated heterocycles. The molecule has 2 aromatic rings. The molecule has 0 bridgehead atoms. The van der Waals surface area contributed by atoms with Crippen LogP contribution in [0.4, 0.5) is 5.69 Å². The second-order valence-corrected chi connectivity index (χ2v) is 5.07. The summed E-state index contributed by atoms with van der Waals surface area (Å²) in [6.45, 7) is 2.75. The van der Waals surface area contributed by atoms with Crippen molar-refractivity contribution in [3.8, 4) is 0 Å². The SMILES string of the molecule is Cc1ccc(Br)c(NCc2ccncc2Cl)c1. The number of hydrogen-bond donors (Lipinski definition) is 1. The van der Waals surface area contributed by atoms with Crippen molar-refractivity contribution < 1.29 is 0 Å². The van der Waals surface area contributed by atoms with Crippen LogP contribution in [0.1, 0.15) is 11.1 Å². The van der Waals surface area contributed by atoms with Crippen LogP contribution in [0, 0.1) is 6.92 Å². The molecule has 1 N–H and O–H groups in total. The van der Waals surface area contributed by atoms with Gasteiger partial charge in [-0.15, -0.1) is 0 Å². The zero-order valence-corrected chi connectivity index (χ0v) is 11.7. The summed E-state index contributed by atoms with van der Waals surface area (Å²) in [5.41, 5.74) is 3.32. The lowest BCUT2D eigenvalue weighted by atomic mass is 10.2. The number of aryl methyl sites for hydroxylation is 1. The summed E-state index contributed by atoms with van der Waals surface area (Å²) in [5.74, 6) is 0. The molecule has 0 spiro atoms. The molecule has 1 heterocycles. The Hall–Kier alpha value is -1.06. The van der Waals surface area contributed by atoms with Crippen LogP contribution >= 0.6 is 27.5 Å². The molecule has 4 heteroatoms. The minimum atomic E-state index is 0.684. The number of rotatable bonds is 3. The standard InChI is InChI=1S/C13H12BrClN2/c1-9-2-3-11(14)13(6-9)17-7-10-4-5-16-8-12(10)15/h2-6,8,17H,7H2,1H3. The number of pyridine rings is 1. The molecule has 0 aliphatic rings. The average Bonchev–Trinajstić information content (AvgIpc) is 2.32. The van der Waals surface area contributed by atoms with Gasteiger partial charge in [0, 0.05) is 29.1 Å². The maximum Gasteiger partial charge on any atom is 0.0639 e. The zero-order valence-electron chi connectivity index (χ0n) is 9.37. The normalized spacial score (nSPS) is 10.3. The molecule has 0 fully saturated rings. The lowest BCUT2D eigenvalue weighted by Gasteiger charge is -2.10. The summed E-state index contributed by atoms with van der Waals surface area (Å²) < 4.78 is 1.05. The molecule has 2 rings (SSSR count). The highest BCUT2D eigenvalue weighted by molar-refractivity contribution is 9.10. The van der Waals surface area contributed by atoms with E-state index in [1.807, 2.05) is 12.1 Å². The molecule has 0 amide bonds. The van der Waals surface area contributed by atoms with Crippen LogP contribution in [0.5, 0.6) is 0 Å². The predicted octanol–water partition coefficient (Wildman–Crippen LogP) is 4.42. The summed E-state index contributed by atoms with van der Waals surface area (Å²) in [5, 5.41) is 4.04. The molecule has 0 aliphatic heterocycles. The summed E-state index contributed by atoms with van der Waals surface area (Å²) in [6, 6.07) is 8.11. The van der Waals surface area contributed by atoms with E-state index < -0.39 is 0 Å². The van der Waals surface area contributed by atoms with Gasteiger partial charge in [0.15, 0.2) is 0 Å². The molecule has 0 aliphatic carbocycles. The van der Waals surface area contributed by atoms with Gasteiger partial charge in [0.05, 0.1) is 5.02 Å². The fourth-order valence-corrected chi connectivity index (χ4v) is 2.09. The van der Waals surface area contributed by atoms with Gasteiger partial charge in [0.25, 0.3) is 0 Å². The maximum absolute atomic E-state index is 6.05. The van der Waals surface area contributed by atoms with Gasteiger partial charge in [-0.1, -0.05) is 17.7 Å². The quantitative estimate of drug-likeness (QED) is 0.907. The molecule has 0 saturated carbocycles. The van der Waals surface area contributed by atoms with E-state index in [9.17, 15) is 0 Å². The Balaban J connectivity index is 2.12. The molecule has 17 heavy (non-hydrogen) atoms. The fraction of sp³-hybridized carbons (Fsp3) is 0.154. The van der Waals surface area contributed by atoms with Crippen molar-refractivity contribution in [1.82, 2.24) is 4.98 Å². The Morgan fingerprint density at radius 2 is 2.18 bits per heavy atom. The number of hydrogen-bond acceptors (Lipinski definition) is 2. The van der Waals surface area contributed by atoms with Crippen molar-refractivity contribution >= 4 is 33.2 Å². The predicted molar refractivity (Wildman–Crippen MR) is 75.5 cm³/mol. The fourth-order valence-electron chi connectivity index (χ4n) is 1.51. The molecule has 88 valence electrons. The van der Waals surface area contributed by atoms with Crippen LogP contribution in [-0.2, 0) is 6.54 Å². The third-order valence-electron chi connectivity index (χ3n) is 2.45. The lowest BCUT2D eigenvalue weighted by Crippen LogP contribution is -2.01. The van der Waals surface area contributed by atoms with Crippen LogP contribution in [0.15, 0.2) is 41.1 Å². The molecular formula is C13H12BrClN2. The number of nitrogens with zero attached hydrogens (tertiary/aromatic N) is 1. The largest absolute Gasteiger partial charge is 0.380 e. The molecule has 0 unspecified atom stereocenters. The average molecular weight is 312 g/mol. The molecular weight excluding hydrogens is 300 g/mol. The van der Waals surface area contributed by atoms with E-state index in [1.54, 1.807) is 12.4 Å². The lowest BCUT2D eigenvalue weighted by molar-refractivity contribution is 1.12. The number of benzene rings is 1. The minimum Gasteiger partial charge on any atom is -0.380 e. The van der Waals surface area contributed by atoms with Crippen LogP contribution in [0.2, 0.25) is 5.02 Å².